The minimum Gasteiger partial charge on any atom is -0.490 e. The van der Waals surface area contributed by atoms with Crippen LogP contribution in [0.2, 0.25) is 0 Å². The molecule has 3 aromatic rings. The molecule has 1 aliphatic heterocycles. The fourth-order valence-electron chi connectivity index (χ4n) is 6.00. The van der Waals surface area contributed by atoms with Crippen LogP contribution in [0.25, 0.3) is 16.7 Å². The lowest BCUT2D eigenvalue weighted by Gasteiger charge is -2.32. The average molecular weight is 676 g/mol. The van der Waals surface area contributed by atoms with Gasteiger partial charge in [-0.3, -0.25) is 15.0 Å². The highest BCUT2D eigenvalue weighted by Crippen LogP contribution is 2.29. The molecule has 1 saturated heterocycles. The number of aliphatic carboxylic acids is 1. The van der Waals surface area contributed by atoms with Crippen LogP contribution in [0.5, 0.6) is 11.5 Å². The van der Waals surface area contributed by atoms with Gasteiger partial charge in [0.05, 0.1) is 22.8 Å². The number of nitrogens with one attached hydrogen (secondary N) is 2. The van der Waals surface area contributed by atoms with E-state index >= 15 is 0 Å². The Morgan fingerprint density at radius 2 is 1.70 bits per heavy atom. The fourth-order valence-corrected chi connectivity index (χ4v) is 6.00. The number of fused-ring (bicyclic) bond motifs is 1. The van der Waals surface area contributed by atoms with Crippen molar-refractivity contribution in [2.75, 3.05) is 19.6 Å². The summed E-state index contributed by atoms with van der Waals surface area (Å²) in [5.41, 5.74) is 8.61. The highest BCUT2D eigenvalue weighted by atomic mass is 35.5. The van der Waals surface area contributed by atoms with Crippen molar-refractivity contribution in [2.24, 2.45) is 17.6 Å². The first-order chi connectivity index (χ1) is 21.2. The monoisotopic (exact) mass is 674 g/mol. The molecule has 11 nitrogen and oxygen atoms in total. The number of amides is 1. The topological polar surface area (TPSA) is 156 Å². The normalized spacial score (nSPS) is 18.2. The van der Waals surface area contributed by atoms with Crippen LogP contribution in [-0.4, -0.2) is 63.0 Å². The smallest absolute Gasteiger partial charge is 0.306 e. The van der Waals surface area contributed by atoms with Crippen molar-refractivity contribution in [3.05, 3.63) is 60.4 Å². The van der Waals surface area contributed by atoms with E-state index in [1.165, 1.54) is 0 Å². The molecule has 2 heterocycles. The number of hydrogen-bond donors (Lipinski definition) is 4. The number of aromatic nitrogens is 2. The molecule has 1 aromatic heterocycles. The molecule has 0 bridgehead atoms. The summed E-state index contributed by atoms with van der Waals surface area (Å²) in [6.45, 7) is 8.05. The van der Waals surface area contributed by atoms with Crippen LogP contribution in [0.15, 0.2) is 49.0 Å². The van der Waals surface area contributed by atoms with E-state index in [4.69, 9.17) is 25.6 Å². The number of halogens is 2. The van der Waals surface area contributed by atoms with Crippen molar-refractivity contribution in [2.45, 2.75) is 64.7 Å². The number of amidine groups is 1. The molecular formula is C33H44Cl2N6O5. The van der Waals surface area contributed by atoms with Gasteiger partial charge in [0.2, 0.25) is 5.91 Å². The molecule has 46 heavy (non-hydrogen) atoms. The molecule has 250 valence electrons. The number of carboxylic acid groups (broad SMARTS) is 1. The van der Waals surface area contributed by atoms with Crippen molar-refractivity contribution in [3.8, 4) is 11.5 Å². The van der Waals surface area contributed by atoms with Crippen molar-refractivity contribution >= 4 is 59.3 Å². The van der Waals surface area contributed by atoms with E-state index in [-0.39, 0.29) is 61.8 Å². The molecule has 0 unspecified atom stereocenters. The van der Waals surface area contributed by atoms with Gasteiger partial charge in [0.25, 0.3) is 0 Å². The molecule has 1 saturated carbocycles. The zero-order chi connectivity index (χ0) is 31.2. The van der Waals surface area contributed by atoms with E-state index in [1.807, 2.05) is 54.0 Å². The van der Waals surface area contributed by atoms with Crippen molar-refractivity contribution in [1.29, 1.82) is 5.41 Å². The van der Waals surface area contributed by atoms with E-state index in [1.54, 1.807) is 0 Å². The van der Waals surface area contributed by atoms with E-state index in [0.717, 1.165) is 55.6 Å². The number of nitrogens with two attached hydrogens (primary N) is 1. The van der Waals surface area contributed by atoms with Crippen LogP contribution in [0, 0.1) is 17.2 Å². The molecule has 0 spiro atoms. The van der Waals surface area contributed by atoms with Gasteiger partial charge in [-0.15, -0.1) is 24.8 Å². The van der Waals surface area contributed by atoms with Gasteiger partial charge in [-0.1, -0.05) is 12.6 Å². The van der Waals surface area contributed by atoms with Gasteiger partial charge in [-0.25, -0.2) is 4.98 Å². The van der Waals surface area contributed by atoms with E-state index < -0.39 is 5.97 Å². The van der Waals surface area contributed by atoms with Gasteiger partial charge >= 0.3 is 5.97 Å². The predicted octanol–water partition coefficient (Wildman–Crippen LogP) is 5.24. The molecular weight excluding hydrogens is 631 g/mol. The third-order valence-corrected chi connectivity index (χ3v) is 8.69. The SMILES string of the molecule is C=C(N)c1ccc2c(c1)nc(COc1ccc(OC3CCN(C(C)=N)CC3)cc1)n2CC(=O)NCC1CCC(C(=O)O)CC1.Cl.Cl. The van der Waals surface area contributed by atoms with Crippen molar-refractivity contribution in [3.63, 3.8) is 0 Å². The van der Waals surface area contributed by atoms with Gasteiger partial charge in [0, 0.05) is 38.2 Å². The summed E-state index contributed by atoms with van der Waals surface area (Å²) in [7, 11) is 0. The minimum absolute atomic E-state index is 0. The lowest BCUT2D eigenvalue weighted by atomic mass is 9.82. The van der Waals surface area contributed by atoms with Gasteiger partial charge in [0.1, 0.15) is 36.6 Å². The maximum Gasteiger partial charge on any atom is 0.306 e. The number of nitrogens with zero attached hydrogens (tertiary/aromatic N) is 3. The Labute approximate surface area is 281 Å². The van der Waals surface area contributed by atoms with Gasteiger partial charge < -0.3 is 35.1 Å². The number of piperidine rings is 1. The summed E-state index contributed by atoms with van der Waals surface area (Å²) < 4.78 is 14.1. The highest BCUT2D eigenvalue weighted by molar-refractivity contribution is 5.86. The minimum atomic E-state index is -0.730. The van der Waals surface area contributed by atoms with Crippen LogP contribution >= 0.6 is 24.8 Å². The molecule has 13 heteroatoms. The molecule has 0 atom stereocenters. The van der Waals surface area contributed by atoms with Crippen LogP contribution in [-0.2, 0) is 22.7 Å². The second-order valence-electron chi connectivity index (χ2n) is 11.9. The van der Waals surface area contributed by atoms with Gasteiger partial charge in [-0.2, -0.15) is 0 Å². The Bertz CT molecular complexity index is 1510. The number of ether oxygens (including phenoxy) is 2. The number of benzene rings is 2. The number of carboxylic acids is 1. The third-order valence-electron chi connectivity index (χ3n) is 8.69. The number of carbonyl (C=O) groups is 2. The second-order valence-corrected chi connectivity index (χ2v) is 11.9. The second kappa shape index (κ2) is 16.6. The summed E-state index contributed by atoms with van der Waals surface area (Å²) in [6.07, 6.45) is 4.77. The lowest BCUT2D eigenvalue weighted by Crippen LogP contribution is -2.40. The van der Waals surface area contributed by atoms with Crippen molar-refractivity contribution < 1.29 is 24.2 Å². The summed E-state index contributed by atoms with van der Waals surface area (Å²) in [5.74, 6) is 1.76. The Balaban J connectivity index is 0.00000288. The van der Waals surface area contributed by atoms with Crippen LogP contribution in [0.1, 0.15) is 56.8 Å². The van der Waals surface area contributed by atoms with E-state index in [2.05, 4.69) is 16.8 Å². The molecule has 5 N–H and O–H groups in total. The largest absolute Gasteiger partial charge is 0.490 e. The summed E-state index contributed by atoms with van der Waals surface area (Å²) in [5, 5.41) is 20.1. The zero-order valence-electron chi connectivity index (χ0n) is 26.1. The zero-order valence-corrected chi connectivity index (χ0v) is 27.7. The molecule has 5 rings (SSSR count). The molecule has 2 aromatic carbocycles. The molecule has 2 fully saturated rings. The maximum absolute atomic E-state index is 13.1. The Morgan fingerprint density at radius 3 is 2.30 bits per heavy atom. The number of likely N-dealkylation sites (tertiary alicyclic amines) is 1. The molecule has 0 radical (unpaired) electrons. The molecule has 1 amide bonds. The van der Waals surface area contributed by atoms with Crippen molar-refractivity contribution in [1.82, 2.24) is 19.8 Å². The lowest BCUT2D eigenvalue weighted by molar-refractivity contribution is -0.143. The van der Waals surface area contributed by atoms with Gasteiger partial charge in [0.15, 0.2) is 0 Å². The number of carbonyl (C=O) groups excluding carboxylic acids is 1. The summed E-state index contributed by atoms with van der Waals surface area (Å²) >= 11 is 0. The first-order valence-corrected chi connectivity index (χ1v) is 15.3. The van der Waals surface area contributed by atoms with Gasteiger partial charge in [-0.05, 0) is 80.5 Å². The maximum atomic E-state index is 13.1. The standard InChI is InChI=1S/C33H42N6O5.2ClH/c1-21(34)25-7-12-30-29(17-25)37-31(39(30)19-32(40)36-18-23-3-5-24(6-4-23)33(41)42)20-43-26-8-10-27(11-9-26)44-28-13-15-38(16-14-28)22(2)35;;/h7-12,17,23-24,28,35H,1,3-6,13-16,18-20,34H2,2H3,(H,36,40)(H,41,42);2*1H. The number of rotatable bonds is 11. The number of hydrogen-bond acceptors (Lipinski definition) is 7. The average Bonchev–Trinajstić information content (AvgIpc) is 3.36. The third kappa shape index (κ3) is 9.29. The van der Waals surface area contributed by atoms with Crippen LogP contribution in [0.3, 0.4) is 0 Å². The predicted molar refractivity (Wildman–Crippen MR) is 183 cm³/mol. The Morgan fingerprint density at radius 1 is 1.04 bits per heavy atom. The number of imidazole rings is 1. The first-order valence-electron chi connectivity index (χ1n) is 15.3. The Hall–Kier alpha value is -3.96. The van der Waals surface area contributed by atoms with E-state index in [9.17, 15) is 14.7 Å². The summed E-state index contributed by atoms with van der Waals surface area (Å²) in [6, 6.07) is 13.1. The Kier molecular flexibility index (Phi) is 13.1. The fraction of sp³-hybridized carbons (Fsp3) is 0.455. The molecule has 1 aliphatic carbocycles. The quantitative estimate of drug-likeness (QED) is 0.159. The van der Waals surface area contributed by atoms with E-state index in [0.29, 0.717) is 48.0 Å². The first kappa shape index (κ1) is 36.5. The van der Waals surface area contributed by atoms with Crippen LogP contribution < -0.4 is 20.5 Å². The highest BCUT2D eigenvalue weighted by Gasteiger charge is 2.26. The summed E-state index contributed by atoms with van der Waals surface area (Å²) in [4.78, 5) is 31.2. The van der Waals surface area contributed by atoms with Crippen LogP contribution in [0.4, 0.5) is 0 Å². The molecule has 2 aliphatic rings.